The number of nitrogens with zero attached hydrogens (tertiary/aromatic N) is 2. The van der Waals surface area contributed by atoms with Crippen LogP contribution in [0, 0.1) is 11.7 Å². The predicted molar refractivity (Wildman–Crippen MR) is 74.2 cm³/mol. The van der Waals surface area contributed by atoms with Gasteiger partial charge in [0.2, 0.25) is 0 Å². The van der Waals surface area contributed by atoms with E-state index in [2.05, 4.69) is 10.3 Å². The molecule has 0 aromatic carbocycles. The minimum Gasteiger partial charge on any atom is -0.384 e. The first-order chi connectivity index (χ1) is 9.65. The fraction of sp³-hybridized carbons (Fsp3) is 0.571. The van der Waals surface area contributed by atoms with Crippen molar-refractivity contribution in [2.75, 3.05) is 38.7 Å². The molecule has 1 amide bonds. The molecule has 1 atom stereocenters. The normalized spacial score (nSPS) is 18.4. The zero-order valence-electron chi connectivity index (χ0n) is 11.9. The van der Waals surface area contributed by atoms with Crippen molar-refractivity contribution in [3.05, 3.63) is 23.6 Å². The quantitative estimate of drug-likeness (QED) is 0.893. The van der Waals surface area contributed by atoms with Crippen LogP contribution in [-0.2, 0) is 4.74 Å². The first-order valence-corrected chi connectivity index (χ1v) is 6.83. The van der Waals surface area contributed by atoms with Crippen LogP contribution in [0.15, 0.2) is 12.3 Å². The molecule has 1 aliphatic heterocycles. The highest BCUT2D eigenvalue weighted by molar-refractivity contribution is 5.98. The molecule has 1 saturated heterocycles. The van der Waals surface area contributed by atoms with Crippen molar-refractivity contribution >= 4 is 11.7 Å². The first-order valence-electron chi connectivity index (χ1n) is 6.83. The Morgan fingerprint density at radius 2 is 2.45 bits per heavy atom. The lowest BCUT2D eigenvalue weighted by Gasteiger charge is -2.18. The average molecular weight is 281 g/mol. The summed E-state index contributed by atoms with van der Waals surface area (Å²) in [6.07, 6.45) is 2.03. The largest absolute Gasteiger partial charge is 0.384 e. The van der Waals surface area contributed by atoms with Gasteiger partial charge in [-0.05, 0) is 19.4 Å². The molecule has 110 valence electrons. The van der Waals surface area contributed by atoms with Crippen LogP contribution in [0.4, 0.5) is 10.2 Å². The lowest BCUT2D eigenvalue weighted by Crippen LogP contribution is -2.30. The number of amides is 1. The number of ether oxygens (including phenoxy) is 1. The fourth-order valence-electron chi connectivity index (χ4n) is 2.47. The Kier molecular flexibility index (Phi) is 4.89. The van der Waals surface area contributed by atoms with Crippen LogP contribution in [0.1, 0.15) is 23.7 Å². The Labute approximate surface area is 118 Å². The molecule has 1 N–H and O–H groups in total. The highest BCUT2D eigenvalue weighted by atomic mass is 19.1. The highest BCUT2D eigenvalue weighted by Crippen LogP contribution is 2.22. The van der Waals surface area contributed by atoms with Crippen LogP contribution in [0.2, 0.25) is 0 Å². The average Bonchev–Trinajstić information content (AvgIpc) is 2.89. The van der Waals surface area contributed by atoms with Crippen LogP contribution < -0.4 is 5.32 Å². The summed E-state index contributed by atoms with van der Waals surface area (Å²) >= 11 is 0. The second kappa shape index (κ2) is 6.65. The maximum atomic E-state index is 13.4. The minimum atomic E-state index is -0.498. The number of hydrogen-bond donors (Lipinski definition) is 1. The third-order valence-electron chi connectivity index (χ3n) is 3.40. The van der Waals surface area contributed by atoms with E-state index in [-0.39, 0.29) is 5.91 Å². The number of carbonyl (C=O) groups is 1. The van der Waals surface area contributed by atoms with Gasteiger partial charge in [0.15, 0.2) is 0 Å². The number of anilines is 1. The molecule has 0 spiro atoms. The van der Waals surface area contributed by atoms with E-state index in [4.69, 9.17) is 4.74 Å². The van der Waals surface area contributed by atoms with Gasteiger partial charge in [0, 0.05) is 32.7 Å². The summed E-state index contributed by atoms with van der Waals surface area (Å²) < 4.78 is 18.5. The van der Waals surface area contributed by atoms with Crippen molar-refractivity contribution in [2.45, 2.75) is 13.3 Å². The number of methoxy groups -OCH3 is 1. The monoisotopic (exact) mass is 281 g/mol. The second-order valence-corrected chi connectivity index (χ2v) is 4.94. The lowest BCUT2D eigenvalue weighted by molar-refractivity contribution is 0.0775. The van der Waals surface area contributed by atoms with E-state index in [1.165, 1.54) is 6.07 Å². The molecule has 0 saturated carbocycles. The number of likely N-dealkylation sites (tertiary alicyclic amines) is 1. The van der Waals surface area contributed by atoms with Crippen molar-refractivity contribution in [1.82, 2.24) is 9.88 Å². The van der Waals surface area contributed by atoms with Crippen LogP contribution in [0.5, 0.6) is 0 Å². The fourth-order valence-corrected chi connectivity index (χ4v) is 2.47. The zero-order valence-corrected chi connectivity index (χ0v) is 11.9. The highest BCUT2D eigenvalue weighted by Gasteiger charge is 2.28. The van der Waals surface area contributed by atoms with Crippen LogP contribution in [0.25, 0.3) is 0 Å². The van der Waals surface area contributed by atoms with Crippen molar-refractivity contribution in [2.24, 2.45) is 5.92 Å². The van der Waals surface area contributed by atoms with E-state index in [9.17, 15) is 9.18 Å². The van der Waals surface area contributed by atoms with E-state index in [1.807, 2.05) is 6.92 Å². The van der Waals surface area contributed by atoms with E-state index >= 15 is 0 Å². The summed E-state index contributed by atoms with van der Waals surface area (Å²) in [5.74, 6) is 0.122. The molecule has 0 aliphatic carbocycles. The maximum Gasteiger partial charge on any atom is 0.257 e. The summed E-state index contributed by atoms with van der Waals surface area (Å²) in [5, 5.41) is 2.99. The van der Waals surface area contributed by atoms with Crippen LogP contribution >= 0.6 is 0 Å². The molecular weight excluding hydrogens is 261 g/mol. The van der Waals surface area contributed by atoms with E-state index in [0.29, 0.717) is 43.5 Å². The van der Waals surface area contributed by atoms with Crippen molar-refractivity contribution in [1.29, 1.82) is 0 Å². The smallest absolute Gasteiger partial charge is 0.257 e. The summed E-state index contributed by atoms with van der Waals surface area (Å²) in [6.45, 7) is 4.50. The Hall–Kier alpha value is -1.69. The van der Waals surface area contributed by atoms with Crippen molar-refractivity contribution in [3.8, 4) is 0 Å². The number of hydrogen-bond acceptors (Lipinski definition) is 4. The molecule has 1 aliphatic rings. The molecule has 1 aromatic heterocycles. The summed E-state index contributed by atoms with van der Waals surface area (Å²) in [6, 6.07) is 1.25. The molecule has 1 unspecified atom stereocenters. The maximum absolute atomic E-state index is 13.4. The van der Waals surface area contributed by atoms with Crippen molar-refractivity contribution in [3.63, 3.8) is 0 Å². The van der Waals surface area contributed by atoms with Crippen LogP contribution in [0.3, 0.4) is 0 Å². The zero-order chi connectivity index (χ0) is 14.5. The number of aromatic nitrogens is 1. The topological polar surface area (TPSA) is 54.5 Å². The number of carbonyl (C=O) groups excluding carboxylic acids is 1. The molecular formula is C14H20FN3O2. The van der Waals surface area contributed by atoms with E-state index in [0.717, 1.165) is 12.6 Å². The summed E-state index contributed by atoms with van der Waals surface area (Å²) in [4.78, 5) is 18.2. The van der Waals surface area contributed by atoms with Gasteiger partial charge >= 0.3 is 0 Å². The van der Waals surface area contributed by atoms with Crippen LogP contribution in [-0.4, -0.2) is 49.1 Å². The van der Waals surface area contributed by atoms with Gasteiger partial charge in [0.25, 0.3) is 5.91 Å². The van der Waals surface area contributed by atoms with Gasteiger partial charge in [0.05, 0.1) is 18.4 Å². The van der Waals surface area contributed by atoms with Gasteiger partial charge in [-0.15, -0.1) is 0 Å². The minimum absolute atomic E-state index is 0.174. The third-order valence-corrected chi connectivity index (χ3v) is 3.40. The second-order valence-electron chi connectivity index (χ2n) is 4.94. The van der Waals surface area contributed by atoms with Crippen molar-refractivity contribution < 1.29 is 13.9 Å². The number of pyridine rings is 1. The molecule has 20 heavy (non-hydrogen) atoms. The Morgan fingerprint density at radius 1 is 1.65 bits per heavy atom. The van der Waals surface area contributed by atoms with Gasteiger partial charge in [-0.1, -0.05) is 0 Å². The van der Waals surface area contributed by atoms with Gasteiger partial charge in [-0.2, -0.15) is 0 Å². The molecule has 6 heteroatoms. The molecule has 2 heterocycles. The SMILES string of the molecule is CCNc1ncc(F)cc1C(=O)N1CCC(COC)C1. The summed E-state index contributed by atoms with van der Waals surface area (Å²) in [7, 11) is 1.66. The Bertz CT molecular complexity index is 481. The predicted octanol–water partition coefficient (Wildman–Crippen LogP) is 1.76. The molecule has 5 nitrogen and oxygen atoms in total. The standard InChI is InChI=1S/C14H20FN3O2/c1-3-16-13-12(6-11(15)7-17-13)14(19)18-5-4-10(8-18)9-20-2/h6-7,10H,3-5,8-9H2,1-2H3,(H,16,17). The van der Waals surface area contributed by atoms with E-state index < -0.39 is 5.82 Å². The van der Waals surface area contributed by atoms with Gasteiger partial charge in [-0.3, -0.25) is 4.79 Å². The summed E-state index contributed by atoms with van der Waals surface area (Å²) in [5.41, 5.74) is 0.296. The number of rotatable bonds is 5. The van der Waals surface area contributed by atoms with Gasteiger partial charge in [-0.25, -0.2) is 9.37 Å². The Morgan fingerprint density at radius 3 is 3.15 bits per heavy atom. The lowest BCUT2D eigenvalue weighted by atomic mass is 10.1. The Balaban J connectivity index is 2.14. The molecule has 1 fully saturated rings. The molecule has 1 aromatic rings. The number of nitrogens with one attached hydrogen (secondary N) is 1. The third kappa shape index (κ3) is 3.25. The van der Waals surface area contributed by atoms with E-state index in [1.54, 1.807) is 12.0 Å². The number of halogens is 1. The van der Waals surface area contributed by atoms with Gasteiger partial charge in [0.1, 0.15) is 11.6 Å². The molecule has 2 rings (SSSR count). The molecule has 0 radical (unpaired) electrons. The molecule has 0 bridgehead atoms. The van der Waals surface area contributed by atoms with Gasteiger partial charge < -0.3 is 15.0 Å². The first kappa shape index (κ1) is 14.7.